The van der Waals surface area contributed by atoms with Gasteiger partial charge in [0.05, 0.1) is 18.4 Å². The fourth-order valence-corrected chi connectivity index (χ4v) is 1.46. The van der Waals surface area contributed by atoms with E-state index in [4.69, 9.17) is 9.84 Å². The van der Waals surface area contributed by atoms with Gasteiger partial charge in [0.15, 0.2) is 17.3 Å². The molecule has 2 aromatic rings. The molecule has 0 spiro atoms. The molecular formula is C12H10FN3O3. The van der Waals surface area contributed by atoms with Gasteiger partial charge in [-0.2, -0.15) is 0 Å². The number of hydrogen-bond donors (Lipinski definition) is 1. The minimum absolute atomic E-state index is 0.0513. The third kappa shape index (κ3) is 2.65. The Morgan fingerprint density at radius 1 is 1.47 bits per heavy atom. The first-order chi connectivity index (χ1) is 9.13. The summed E-state index contributed by atoms with van der Waals surface area (Å²) in [5.41, 5.74) is -0.275. The SMILES string of the molecule is CCOc1ncccc1-c1ncc(F)c(C(=O)O)n1. The third-order valence-corrected chi connectivity index (χ3v) is 2.24. The molecule has 0 amide bonds. The summed E-state index contributed by atoms with van der Waals surface area (Å²) in [6.45, 7) is 2.17. The van der Waals surface area contributed by atoms with Crippen molar-refractivity contribution in [1.82, 2.24) is 15.0 Å². The number of aromatic carboxylic acids is 1. The van der Waals surface area contributed by atoms with Crippen LogP contribution in [-0.4, -0.2) is 32.6 Å². The van der Waals surface area contributed by atoms with Crippen molar-refractivity contribution >= 4 is 5.97 Å². The molecule has 19 heavy (non-hydrogen) atoms. The summed E-state index contributed by atoms with van der Waals surface area (Å²) in [6.07, 6.45) is 2.34. The van der Waals surface area contributed by atoms with Crippen LogP contribution < -0.4 is 4.74 Å². The van der Waals surface area contributed by atoms with Crippen LogP contribution in [-0.2, 0) is 0 Å². The second kappa shape index (κ2) is 5.38. The Bertz CT molecular complexity index is 619. The van der Waals surface area contributed by atoms with Gasteiger partial charge in [0.1, 0.15) is 0 Å². The Morgan fingerprint density at radius 2 is 2.26 bits per heavy atom. The molecule has 0 radical (unpaired) electrons. The molecular weight excluding hydrogens is 253 g/mol. The van der Waals surface area contributed by atoms with Crippen molar-refractivity contribution in [1.29, 1.82) is 0 Å². The number of rotatable bonds is 4. The smallest absolute Gasteiger partial charge is 0.357 e. The summed E-state index contributed by atoms with van der Waals surface area (Å²) in [5.74, 6) is -2.12. The van der Waals surface area contributed by atoms with Gasteiger partial charge in [0, 0.05) is 6.20 Å². The number of carbonyl (C=O) groups is 1. The van der Waals surface area contributed by atoms with E-state index in [1.54, 1.807) is 19.1 Å². The van der Waals surface area contributed by atoms with Gasteiger partial charge in [0.2, 0.25) is 5.88 Å². The molecule has 2 rings (SSSR count). The lowest BCUT2D eigenvalue weighted by Crippen LogP contribution is -2.07. The van der Waals surface area contributed by atoms with E-state index in [1.165, 1.54) is 6.20 Å². The van der Waals surface area contributed by atoms with Gasteiger partial charge in [-0.05, 0) is 19.1 Å². The Labute approximate surface area is 107 Å². The predicted molar refractivity (Wildman–Crippen MR) is 63.3 cm³/mol. The van der Waals surface area contributed by atoms with Crippen molar-refractivity contribution in [3.63, 3.8) is 0 Å². The second-order valence-corrected chi connectivity index (χ2v) is 3.48. The summed E-state index contributed by atoms with van der Waals surface area (Å²) in [5, 5.41) is 8.83. The van der Waals surface area contributed by atoms with Crippen molar-refractivity contribution < 1.29 is 19.0 Å². The average molecular weight is 263 g/mol. The molecule has 0 aromatic carbocycles. The Hall–Kier alpha value is -2.57. The summed E-state index contributed by atoms with van der Waals surface area (Å²) >= 11 is 0. The molecule has 0 aliphatic carbocycles. The number of nitrogens with zero attached hydrogens (tertiary/aromatic N) is 3. The maximum Gasteiger partial charge on any atom is 0.357 e. The van der Waals surface area contributed by atoms with E-state index in [2.05, 4.69) is 15.0 Å². The van der Waals surface area contributed by atoms with Crippen LogP contribution >= 0.6 is 0 Å². The molecule has 0 aliphatic rings. The van der Waals surface area contributed by atoms with E-state index >= 15 is 0 Å². The molecule has 0 saturated heterocycles. The van der Waals surface area contributed by atoms with Crippen LogP contribution in [0.25, 0.3) is 11.4 Å². The largest absolute Gasteiger partial charge is 0.477 e. The standard InChI is InChI=1S/C12H10FN3O3/c1-2-19-11-7(4-3-5-14-11)10-15-6-8(13)9(16-10)12(17)18/h3-6H,2H2,1H3,(H,17,18). The van der Waals surface area contributed by atoms with Gasteiger partial charge in [-0.15, -0.1) is 0 Å². The van der Waals surface area contributed by atoms with Crippen molar-refractivity contribution in [2.24, 2.45) is 0 Å². The van der Waals surface area contributed by atoms with Crippen molar-refractivity contribution in [3.8, 4) is 17.3 Å². The second-order valence-electron chi connectivity index (χ2n) is 3.48. The number of carboxylic acids is 1. The minimum atomic E-state index is -1.46. The van der Waals surface area contributed by atoms with Crippen molar-refractivity contribution in [2.45, 2.75) is 6.92 Å². The lowest BCUT2D eigenvalue weighted by molar-refractivity contribution is 0.0684. The lowest BCUT2D eigenvalue weighted by Gasteiger charge is -2.07. The minimum Gasteiger partial charge on any atom is -0.477 e. The molecule has 2 aromatic heterocycles. The summed E-state index contributed by atoms with van der Waals surface area (Å²) in [7, 11) is 0. The lowest BCUT2D eigenvalue weighted by atomic mass is 10.2. The molecule has 98 valence electrons. The molecule has 0 unspecified atom stereocenters. The van der Waals surface area contributed by atoms with Crippen LogP contribution in [0.2, 0.25) is 0 Å². The predicted octanol–water partition coefficient (Wildman–Crippen LogP) is 1.77. The van der Waals surface area contributed by atoms with Crippen LogP contribution in [0.15, 0.2) is 24.5 Å². The van der Waals surface area contributed by atoms with Gasteiger partial charge in [-0.1, -0.05) is 0 Å². The summed E-state index contributed by atoms with van der Waals surface area (Å²) in [4.78, 5) is 22.3. The van der Waals surface area contributed by atoms with E-state index in [1.807, 2.05) is 0 Å². The number of carboxylic acid groups (broad SMARTS) is 1. The van der Waals surface area contributed by atoms with Crippen molar-refractivity contribution in [2.75, 3.05) is 6.61 Å². The number of halogens is 1. The summed E-state index contributed by atoms with van der Waals surface area (Å²) in [6, 6.07) is 3.25. The number of ether oxygens (including phenoxy) is 1. The first-order valence-electron chi connectivity index (χ1n) is 5.47. The van der Waals surface area contributed by atoms with E-state index in [-0.39, 0.29) is 11.7 Å². The maximum absolute atomic E-state index is 13.2. The molecule has 0 bridgehead atoms. The van der Waals surface area contributed by atoms with Gasteiger partial charge >= 0.3 is 5.97 Å². The van der Waals surface area contributed by atoms with Crippen LogP contribution in [0.3, 0.4) is 0 Å². The quantitative estimate of drug-likeness (QED) is 0.904. The fraction of sp³-hybridized carbons (Fsp3) is 0.167. The third-order valence-electron chi connectivity index (χ3n) is 2.24. The number of pyridine rings is 1. The first kappa shape index (κ1) is 12.9. The maximum atomic E-state index is 13.2. The van der Waals surface area contributed by atoms with Crippen LogP contribution in [0.1, 0.15) is 17.4 Å². The topological polar surface area (TPSA) is 85.2 Å². The van der Waals surface area contributed by atoms with E-state index in [9.17, 15) is 9.18 Å². The van der Waals surface area contributed by atoms with E-state index in [0.29, 0.717) is 12.2 Å². The number of aromatic nitrogens is 3. The monoisotopic (exact) mass is 263 g/mol. The zero-order valence-corrected chi connectivity index (χ0v) is 10.00. The zero-order valence-electron chi connectivity index (χ0n) is 10.00. The van der Waals surface area contributed by atoms with Crippen LogP contribution in [0.4, 0.5) is 4.39 Å². The molecule has 0 saturated carbocycles. The zero-order chi connectivity index (χ0) is 13.8. The fourth-order valence-electron chi connectivity index (χ4n) is 1.46. The highest BCUT2D eigenvalue weighted by Crippen LogP contribution is 2.25. The van der Waals surface area contributed by atoms with Gasteiger partial charge < -0.3 is 9.84 Å². The Kier molecular flexibility index (Phi) is 3.65. The number of hydrogen-bond acceptors (Lipinski definition) is 5. The molecule has 6 nitrogen and oxygen atoms in total. The van der Waals surface area contributed by atoms with Gasteiger partial charge in [-0.3, -0.25) is 0 Å². The first-order valence-corrected chi connectivity index (χ1v) is 5.47. The molecule has 0 atom stereocenters. The molecule has 7 heteroatoms. The van der Waals surface area contributed by atoms with E-state index < -0.39 is 17.5 Å². The highest BCUT2D eigenvalue weighted by molar-refractivity contribution is 5.86. The highest BCUT2D eigenvalue weighted by Gasteiger charge is 2.17. The van der Waals surface area contributed by atoms with Crippen molar-refractivity contribution in [3.05, 3.63) is 36.0 Å². The Morgan fingerprint density at radius 3 is 2.95 bits per heavy atom. The van der Waals surface area contributed by atoms with Gasteiger partial charge in [0.25, 0.3) is 0 Å². The summed E-state index contributed by atoms with van der Waals surface area (Å²) < 4.78 is 18.5. The van der Waals surface area contributed by atoms with Gasteiger partial charge in [-0.25, -0.2) is 24.1 Å². The molecule has 0 aliphatic heterocycles. The highest BCUT2D eigenvalue weighted by atomic mass is 19.1. The molecule has 2 heterocycles. The van der Waals surface area contributed by atoms with Crippen LogP contribution in [0.5, 0.6) is 5.88 Å². The average Bonchev–Trinajstić information content (AvgIpc) is 2.40. The van der Waals surface area contributed by atoms with E-state index in [0.717, 1.165) is 6.20 Å². The molecule has 0 fully saturated rings. The van der Waals surface area contributed by atoms with Crippen LogP contribution in [0, 0.1) is 5.82 Å². The molecule has 1 N–H and O–H groups in total. The Balaban J connectivity index is 2.53. The normalized spacial score (nSPS) is 10.2.